The van der Waals surface area contributed by atoms with Crippen LogP contribution in [0.2, 0.25) is 19.6 Å². The van der Waals surface area contributed by atoms with Crippen LogP contribution in [0.4, 0.5) is 0 Å². The van der Waals surface area contributed by atoms with Crippen molar-refractivity contribution in [3.05, 3.63) is 47.3 Å². The standard InChI is InChI=1S/C15H22N2Si/c1-12-15(11-18(3,4)5)13(2)17(16-12)14-9-7-6-8-10-14/h6-10H,11H2,1-5H3. The van der Waals surface area contributed by atoms with Gasteiger partial charge in [0.1, 0.15) is 0 Å². The second kappa shape index (κ2) is 4.73. The molecule has 18 heavy (non-hydrogen) atoms. The lowest BCUT2D eigenvalue weighted by atomic mass is 10.2. The first-order valence-corrected chi connectivity index (χ1v) is 10.2. The maximum Gasteiger partial charge on any atom is 0.0648 e. The molecule has 0 amide bonds. The van der Waals surface area contributed by atoms with Crippen LogP contribution >= 0.6 is 0 Å². The summed E-state index contributed by atoms with van der Waals surface area (Å²) in [4.78, 5) is 0. The van der Waals surface area contributed by atoms with E-state index in [1.54, 1.807) is 0 Å². The zero-order chi connectivity index (χ0) is 13.3. The van der Waals surface area contributed by atoms with Crippen molar-refractivity contribution in [1.29, 1.82) is 0 Å². The van der Waals surface area contributed by atoms with Crippen molar-refractivity contribution in [3.63, 3.8) is 0 Å². The molecule has 0 aliphatic heterocycles. The molecule has 1 aromatic heterocycles. The maximum absolute atomic E-state index is 4.70. The van der Waals surface area contributed by atoms with Gasteiger partial charge in [0.15, 0.2) is 0 Å². The summed E-state index contributed by atoms with van der Waals surface area (Å²) >= 11 is 0. The lowest BCUT2D eigenvalue weighted by Crippen LogP contribution is -2.24. The molecule has 3 heteroatoms. The molecule has 2 aromatic rings. The molecule has 0 N–H and O–H groups in total. The molecular weight excluding hydrogens is 236 g/mol. The first-order chi connectivity index (χ1) is 8.38. The third-order valence-corrected chi connectivity index (χ3v) is 4.56. The fraction of sp³-hybridized carbons (Fsp3) is 0.400. The summed E-state index contributed by atoms with van der Waals surface area (Å²) in [5.41, 5.74) is 5.07. The van der Waals surface area contributed by atoms with E-state index in [1.165, 1.54) is 23.0 Å². The second-order valence-electron chi connectivity index (χ2n) is 6.13. The number of benzene rings is 1. The summed E-state index contributed by atoms with van der Waals surface area (Å²) in [6, 6.07) is 11.6. The molecule has 0 bridgehead atoms. The van der Waals surface area contributed by atoms with Crippen molar-refractivity contribution in [3.8, 4) is 5.69 Å². The Balaban J connectivity index is 2.44. The lowest BCUT2D eigenvalue weighted by Gasteiger charge is -2.16. The van der Waals surface area contributed by atoms with Crippen LogP contribution < -0.4 is 0 Å². The Hall–Kier alpha value is -1.35. The number of para-hydroxylation sites is 1. The molecule has 0 aliphatic carbocycles. The second-order valence-corrected chi connectivity index (χ2v) is 11.6. The smallest absolute Gasteiger partial charge is 0.0648 e. The summed E-state index contributed by atoms with van der Waals surface area (Å²) in [7, 11) is -1.10. The minimum atomic E-state index is -1.10. The molecule has 1 heterocycles. The van der Waals surface area contributed by atoms with Crippen molar-refractivity contribution < 1.29 is 0 Å². The van der Waals surface area contributed by atoms with Gasteiger partial charge in [-0.25, -0.2) is 4.68 Å². The molecule has 0 radical (unpaired) electrons. The van der Waals surface area contributed by atoms with Gasteiger partial charge in [-0.3, -0.25) is 0 Å². The van der Waals surface area contributed by atoms with Gasteiger partial charge in [0.25, 0.3) is 0 Å². The SMILES string of the molecule is Cc1nn(-c2ccccc2)c(C)c1C[Si](C)(C)C. The molecule has 0 spiro atoms. The minimum Gasteiger partial charge on any atom is -0.238 e. The molecule has 2 nitrogen and oxygen atoms in total. The molecule has 0 saturated heterocycles. The Labute approximate surface area is 111 Å². The van der Waals surface area contributed by atoms with E-state index in [1.807, 2.05) is 6.07 Å². The number of aryl methyl sites for hydroxylation is 1. The number of hydrogen-bond donors (Lipinski definition) is 0. The van der Waals surface area contributed by atoms with Gasteiger partial charge in [-0.1, -0.05) is 37.8 Å². The van der Waals surface area contributed by atoms with Crippen molar-refractivity contribution in [2.45, 2.75) is 39.5 Å². The van der Waals surface area contributed by atoms with Gasteiger partial charge in [0.2, 0.25) is 0 Å². The highest BCUT2D eigenvalue weighted by atomic mass is 28.3. The highest BCUT2D eigenvalue weighted by Gasteiger charge is 2.20. The van der Waals surface area contributed by atoms with Crippen LogP contribution in [0, 0.1) is 13.8 Å². The van der Waals surface area contributed by atoms with Gasteiger partial charge in [0, 0.05) is 13.8 Å². The van der Waals surface area contributed by atoms with Crippen molar-refractivity contribution in [2.24, 2.45) is 0 Å². The van der Waals surface area contributed by atoms with Crippen molar-refractivity contribution >= 4 is 8.07 Å². The van der Waals surface area contributed by atoms with Crippen LogP contribution in [-0.2, 0) is 6.04 Å². The van der Waals surface area contributed by atoms with Crippen LogP contribution in [0.5, 0.6) is 0 Å². The van der Waals surface area contributed by atoms with Crippen LogP contribution in [0.1, 0.15) is 17.0 Å². The zero-order valence-corrected chi connectivity index (χ0v) is 13.0. The number of nitrogens with zero attached hydrogens (tertiary/aromatic N) is 2. The first kappa shape index (κ1) is 13.1. The van der Waals surface area contributed by atoms with Crippen molar-refractivity contribution in [2.75, 3.05) is 0 Å². The Morgan fingerprint density at radius 1 is 1.06 bits per heavy atom. The van der Waals surface area contributed by atoms with Crippen LogP contribution in [-0.4, -0.2) is 17.9 Å². The average molecular weight is 258 g/mol. The van der Waals surface area contributed by atoms with Crippen LogP contribution in [0.25, 0.3) is 5.69 Å². The highest BCUT2D eigenvalue weighted by molar-refractivity contribution is 6.75. The van der Waals surface area contributed by atoms with Gasteiger partial charge in [-0.05, 0) is 37.6 Å². The molecule has 0 unspecified atom stereocenters. The largest absolute Gasteiger partial charge is 0.238 e. The lowest BCUT2D eigenvalue weighted by molar-refractivity contribution is 0.833. The third-order valence-electron chi connectivity index (χ3n) is 3.15. The summed E-state index contributed by atoms with van der Waals surface area (Å²) in [6.45, 7) is 11.5. The fourth-order valence-corrected chi connectivity index (χ4v) is 3.85. The third kappa shape index (κ3) is 2.72. The number of hydrogen-bond acceptors (Lipinski definition) is 1. The van der Waals surface area contributed by atoms with E-state index in [0.29, 0.717) is 0 Å². The van der Waals surface area contributed by atoms with Gasteiger partial charge in [-0.15, -0.1) is 0 Å². The Kier molecular flexibility index (Phi) is 3.44. The monoisotopic (exact) mass is 258 g/mol. The van der Waals surface area contributed by atoms with Gasteiger partial charge in [0.05, 0.1) is 11.4 Å². The molecular formula is C15H22N2Si. The number of aromatic nitrogens is 2. The fourth-order valence-electron chi connectivity index (χ4n) is 2.28. The van der Waals surface area contributed by atoms with Gasteiger partial charge < -0.3 is 0 Å². The van der Waals surface area contributed by atoms with Crippen molar-refractivity contribution in [1.82, 2.24) is 9.78 Å². The van der Waals surface area contributed by atoms with Crippen LogP contribution in [0.15, 0.2) is 30.3 Å². The summed E-state index contributed by atoms with van der Waals surface area (Å²) in [5, 5.41) is 4.70. The predicted octanol–water partition coefficient (Wildman–Crippen LogP) is 3.91. The first-order valence-electron chi connectivity index (χ1n) is 6.49. The van der Waals surface area contributed by atoms with Gasteiger partial charge in [-0.2, -0.15) is 5.10 Å². The van der Waals surface area contributed by atoms with Crippen LogP contribution in [0.3, 0.4) is 0 Å². The van der Waals surface area contributed by atoms with E-state index >= 15 is 0 Å². The summed E-state index contributed by atoms with van der Waals surface area (Å²) in [6.07, 6.45) is 0. The number of rotatable bonds is 3. The molecule has 0 saturated carbocycles. The Bertz CT molecular complexity index is 536. The molecule has 96 valence electrons. The van der Waals surface area contributed by atoms with E-state index in [2.05, 4.69) is 62.4 Å². The molecule has 0 fully saturated rings. The highest BCUT2D eigenvalue weighted by Crippen LogP contribution is 2.21. The quantitative estimate of drug-likeness (QED) is 0.763. The van der Waals surface area contributed by atoms with E-state index in [9.17, 15) is 0 Å². The Morgan fingerprint density at radius 2 is 1.67 bits per heavy atom. The molecule has 1 aromatic carbocycles. The molecule has 2 rings (SSSR count). The molecule has 0 atom stereocenters. The summed E-state index contributed by atoms with van der Waals surface area (Å²) in [5.74, 6) is 0. The van der Waals surface area contributed by atoms with E-state index < -0.39 is 8.07 Å². The minimum absolute atomic E-state index is 1.10. The average Bonchev–Trinajstić information content (AvgIpc) is 2.56. The zero-order valence-electron chi connectivity index (χ0n) is 12.0. The maximum atomic E-state index is 4.70. The van der Waals surface area contributed by atoms with Gasteiger partial charge >= 0.3 is 0 Å². The topological polar surface area (TPSA) is 17.8 Å². The molecule has 0 aliphatic rings. The normalized spacial score (nSPS) is 11.8. The predicted molar refractivity (Wildman–Crippen MR) is 80.1 cm³/mol. The van der Waals surface area contributed by atoms with E-state index in [4.69, 9.17) is 5.10 Å². The van der Waals surface area contributed by atoms with E-state index in [-0.39, 0.29) is 0 Å². The van der Waals surface area contributed by atoms with E-state index in [0.717, 1.165) is 5.69 Å². The summed E-state index contributed by atoms with van der Waals surface area (Å²) < 4.78 is 2.07. The Morgan fingerprint density at radius 3 is 2.22 bits per heavy atom.